The molecule has 2 atom stereocenters. The summed E-state index contributed by atoms with van der Waals surface area (Å²) in [5.41, 5.74) is 3.17. The van der Waals surface area contributed by atoms with Crippen molar-refractivity contribution in [3.8, 4) is 11.5 Å². The van der Waals surface area contributed by atoms with Gasteiger partial charge in [-0.2, -0.15) is 10.2 Å². The molecule has 0 saturated heterocycles. The molecular formula is C19H17FN2O2. The van der Waals surface area contributed by atoms with Gasteiger partial charge in [0.05, 0.1) is 6.04 Å². The lowest BCUT2D eigenvalue weighted by Gasteiger charge is -2.12. The third-order valence-electron chi connectivity index (χ3n) is 4.20. The second kappa shape index (κ2) is 6.07. The van der Waals surface area contributed by atoms with Crippen LogP contribution >= 0.6 is 0 Å². The second-order valence-corrected chi connectivity index (χ2v) is 6.04. The molecule has 4 nitrogen and oxygen atoms in total. The van der Waals surface area contributed by atoms with Gasteiger partial charge < -0.3 is 9.47 Å². The average molecular weight is 324 g/mol. The van der Waals surface area contributed by atoms with Crippen LogP contribution in [0.2, 0.25) is 0 Å². The first-order valence-electron chi connectivity index (χ1n) is 7.95. The van der Waals surface area contributed by atoms with Crippen LogP contribution in [-0.2, 0) is 6.42 Å². The molecule has 2 aromatic rings. The van der Waals surface area contributed by atoms with Gasteiger partial charge in [-0.25, -0.2) is 4.39 Å². The fraction of sp³-hybridized carbons (Fsp3) is 0.263. The molecule has 4 rings (SSSR count). The lowest BCUT2D eigenvalue weighted by Crippen LogP contribution is -2.02. The van der Waals surface area contributed by atoms with Crippen LogP contribution in [0.1, 0.15) is 29.7 Å². The summed E-state index contributed by atoms with van der Waals surface area (Å²) in [6.07, 6.45) is 4.74. The van der Waals surface area contributed by atoms with Crippen LogP contribution in [0, 0.1) is 5.82 Å². The van der Waals surface area contributed by atoms with Crippen LogP contribution in [0.15, 0.2) is 52.7 Å². The fourth-order valence-corrected chi connectivity index (χ4v) is 2.98. The van der Waals surface area contributed by atoms with Crippen LogP contribution in [-0.4, -0.2) is 12.8 Å². The number of halogens is 1. The molecule has 2 aliphatic rings. The van der Waals surface area contributed by atoms with Gasteiger partial charge in [-0.15, -0.1) is 0 Å². The van der Waals surface area contributed by atoms with Crippen molar-refractivity contribution < 1.29 is 13.9 Å². The third kappa shape index (κ3) is 2.89. The van der Waals surface area contributed by atoms with Crippen LogP contribution < -0.4 is 9.47 Å². The highest BCUT2D eigenvalue weighted by Gasteiger charge is 2.24. The van der Waals surface area contributed by atoms with Gasteiger partial charge in [0.2, 0.25) is 6.79 Å². The Hall–Kier alpha value is -2.69. The minimum Gasteiger partial charge on any atom is -0.454 e. The number of nitrogens with zero attached hydrogens (tertiary/aromatic N) is 2. The number of hydrogen-bond donors (Lipinski definition) is 0. The van der Waals surface area contributed by atoms with Gasteiger partial charge in [-0.3, -0.25) is 0 Å². The number of hydrogen-bond acceptors (Lipinski definition) is 4. The third-order valence-corrected chi connectivity index (χ3v) is 4.20. The van der Waals surface area contributed by atoms with E-state index in [1.165, 1.54) is 17.7 Å². The molecule has 0 spiro atoms. The van der Waals surface area contributed by atoms with Crippen molar-refractivity contribution in [3.05, 3.63) is 65.0 Å². The fourth-order valence-electron chi connectivity index (χ4n) is 2.98. The molecule has 0 saturated carbocycles. The normalized spacial score (nSPS) is 21.8. The summed E-state index contributed by atoms with van der Waals surface area (Å²) in [5.74, 6) is 1.29. The Morgan fingerprint density at radius 3 is 2.62 bits per heavy atom. The monoisotopic (exact) mass is 324 g/mol. The molecule has 0 radical (unpaired) electrons. The highest BCUT2D eigenvalue weighted by Crippen LogP contribution is 2.40. The zero-order valence-corrected chi connectivity index (χ0v) is 13.3. The van der Waals surface area contributed by atoms with Gasteiger partial charge in [0.1, 0.15) is 11.9 Å². The predicted octanol–water partition coefficient (Wildman–Crippen LogP) is 4.71. The van der Waals surface area contributed by atoms with Crippen LogP contribution in [0.3, 0.4) is 0 Å². The molecule has 122 valence electrons. The smallest absolute Gasteiger partial charge is 0.231 e. The summed E-state index contributed by atoms with van der Waals surface area (Å²) in [4.78, 5) is 0. The first-order chi connectivity index (χ1) is 11.7. The first kappa shape index (κ1) is 14.9. The van der Waals surface area contributed by atoms with Gasteiger partial charge in [0.15, 0.2) is 11.5 Å². The number of ether oxygens (including phenoxy) is 2. The van der Waals surface area contributed by atoms with Crippen molar-refractivity contribution in [1.29, 1.82) is 0 Å². The predicted molar refractivity (Wildman–Crippen MR) is 88.8 cm³/mol. The van der Waals surface area contributed by atoms with E-state index in [0.29, 0.717) is 0 Å². The van der Waals surface area contributed by atoms with Crippen molar-refractivity contribution in [2.45, 2.75) is 25.4 Å². The van der Waals surface area contributed by atoms with E-state index in [1.54, 1.807) is 12.1 Å². The highest BCUT2D eigenvalue weighted by atomic mass is 19.1. The maximum Gasteiger partial charge on any atom is 0.231 e. The van der Waals surface area contributed by atoms with Crippen molar-refractivity contribution in [1.82, 2.24) is 0 Å². The van der Waals surface area contributed by atoms with Crippen LogP contribution in [0.25, 0.3) is 6.08 Å². The SMILES string of the molecule is CC1Cc2cc3c(cc2C(C=Cc2ccc(F)cc2)N=N1)OCO3. The molecule has 2 aliphatic heterocycles. The number of benzene rings is 2. The summed E-state index contributed by atoms with van der Waals surface area (Å²) in [5, 5.41) is 8.85. The molecule has 2 unspecified atom stereocenters. The highest BCUT2D eigenvalue weighted by molar-refractivity contribution is 5.54. The Bertz CT molecular complexity index is 815. The van der Waals surface area contributed by atoms with Gasteiger partial charge in [-0.05, 0) is 54.3 Å². The number of rotatable bonds is 2. The van der Waals surface area contributed by atoms with E-state index >= 15 is 0 Å². The molecule has 0 aliphatic carbocycles. The topological polar surface area (TPSA) is 43.2 Å². The second-order valence-electron chi connectivity index (χ2n) is 6.04. The Morgan fingerprint density at radius 1 is 1.08 bits per heavy atom. The van der Waals surface area contributed by atoms with Gasteiger partial charge >= 0.3 is 0 Å². The number of fused-ring (bicyclic) bond motifs is 2. The standard InChI is InChI=1S/C19H17FN2O2/c1-12-8-14-9-18-19(24-11-23-18)10-16(14)17(22-21-12)7-4-13-2-5-15(20)6-3-13/h2-7,9-10,12,17H,8,11H2,1H3. The first-order valence-corrected chi connectivity index (χ1v) is 7.95. The summed E-state index contributed by atoms with van der Waals surface area (Å²) in [7, 11) is 0. The van der Waals surface area contributed by atoms with Crippen molar-refractivity contribution in [2.75, 3.05) is 6.79 Å². The summed E-state index contributed by atoms with van der Waals surface area (Å²) >= 11 is 0. The zero-order chi connectivity index (χ0) is 16.5. The molecule has 0 bridgehead atoms. The van der Waals surface area contributed by atoms with E-state index in [9.17, 15) is 4.39 Å². The minimum absolute atomic E-state index is 0.119. The van der Waals surface area contributed by atoms with E-state index in [2.05, 4.69) is 10.2 Å². The van der Waals surface area contributed by atoms with E-state index < -0.39 is 0 Å². The molecule has 5 heteroatoms. The molecule has 0 amide bonds. The van der Waals surface area contributed by atoms with Crippen LogP contribution in [0.4, 0.5) is 4.39 Å². The lowest BCUT2D eigenvalue weighted by atomic mass is 9.95. The van der Waals surface area contributed by atoms with Crippen molar-refractivity contribution in [2.24, 2.45) is 10.2 Å². The summed E-state index contributed by atoms with van der Waals surface area (Å²) < 4.78 is 24.0. The van der Waals surface area contributed by atoms with E-state index in [-0.39, 0.29) is 24.7 Å². The van der Waals surface area contributed by atoms with Gasteiger partial charge in [-0.1, -0.05) is 24.3 Å². The Morgan fingerprint density at radius 2 is 1.83 bits per heavy atom. The Kier molecular flexibility index (Phi) is 3.76. The van der Waals surface area contributed by atoms with E-state index in [4.69, 9.17) is 9.47 Å². The maximum absolute atomic E-state index is 13.0. The van der Waals surface area contributed by atoms with E-state index in [1.807, 2.05) is 31.2 Å². The largest absolute Gasteiger partial charge is 0.454 e. The molecule has 2 heterocycles. The van der Waals surface area contributed by atoms with E-state index in [0.717, 1.165) is 29.0 Å². The molecular weight excluding hydrogens is 307 g/mol. The van der Waals surface area contributed by atoms with Crippen molar-refractivity contribution >= 4 is 6.08 Å². The van der Waals surface area contributed by atoms with Gasteiger partial charge in [0, 0.05) is 0 Å². The maximum atomic E-state index is 13.0. The molecule has 2 aromatic carbocycles. The van der Waals surface area contributed by atoms with Gasteiger partial charge in [0.25, 0.3) is 0 Å². The minimum atomic E-state index is -0.242. The lowest BCUT2D eigenvalue weighted by molar-refractivity contribution is 0.174. The molecule has 0 N–H and O–H groups in total. The van der Waals surface area contributed by atoms with Crippen molar-refractivity contribution in [3.63, 3.8) is 0 Å². The molecule has 0 aromatic heterocycles. The quantitative estimate of drug-likeness (QED) is 0.803. The molecule has 0 fully saturated rings. The zero-order valence-electron chi connectivity index (χ0n) is 13.3. The van der Waals surface area contributed by atoms with Crippen LogP contribution in [0.5, 0.6) is 11.5 Å². The Labute approximate surface area is 139 Å². The molecule has 24 heavy (non-hydrogen) atoms. The number of azo groups is 1. The summed E-state index contributed by atoms with van der Waals surface area (Å²) in [6, 6.07) is 10.3. The average Bonchev–Trinajstić information content (AvgIpc) is 2.97. The Balaban J connectivity index is 1.70. The summed E-state index contributed by atoms with van der Waals surface area (Å²) in [6.45, 7) is 2.30.